The molecular weight excluding hydrogens is 486 g/mol. The molecule has 1 saturated heterocycles. The monoisotopic (exact) mass is 517 g/mol. The van der Waals surface area contributed by atoms with E-state index < -0.39 is 29.3 Å². The molecular formula is C23H31N7O7. The van der Waals surface area contributed by atoms with E-state index >= 15 is 0 Å². The van der Waals surface area contributed by atoms with Crippen molar-refractivity contribution in [2.75, 3.05) is 50.5 Å². The van der Waals surface area contributed by atoms with Crippen LogP contribution in [0.3, 0.4) is 0 Å². The van der Waals surface area contributed by atoms with E-state index in [0.29, 0.717) is 37.5 Å². The Kier molecular flexibility index (Phi) is 9.85. The van der Waals surface area contributed by atoms with E-state index in [1.54, 1.807) is 12.0 Å². The number of rotatable bonds is 12. The summed E-state index contributed by atoms with van der Waals surface area (Å²) >= 11 is 0. The molecule has 3 rings (SSSR count). The van der Waals surface area contributed by atoms with Crippen molar-refractivity contribution >= 4 is 22.7 Å². The second-order valence-electron chi connectivity index (χ2n) is 8.61. The van der Waals surface area contributed by atoms with E-state index in [2.05, 4.69) is 20.7 Å². The van der Waals surface area contributed by atoms with Gasteiger partial charge in [-0.1, -0.05) is 11.2 Å². The highest BCUT2D eigenvalue weighted by Crippen LogP contribution is 2.29. The van der Waals surface area contributed by atoms with Crippen LogP contribution in [0.1, 0.15) is 5.56 Å². The van der Waals surface area contributed by atoms with Gasteiger partial charge in [0.25, 0.3) is 5.69 Å². The summed E-state index contributed by atoms with van der Waals surface area (Å²) in [5.74, 6) is 0.616. The van der Waals surface area contributed by atoms with Gasteiger partial charge >= 0.3 is 0 Å². The third kappa shape index (κ3) is 7.20. The maximum atomic E-state index is 11.4. The third-order valence-corrected chi connectivity index (χ3v) is 6.21. The van der Waals surface area contributed by atoms with Gasteiger partial charge in [0, 0.05) is 54.6 Å². The van der Waals surface area contributed by atoms with Crippen LogP contribution in [0.25, 0.3) is 10.4 Å². The molecule has 37 heavy (non-hydrogen) atoms. The first kappa shape index (κ1) is 27.9. The van der Waals surface area contributed by atoms with Gasteiger partial charge in [0.2, 0.25) is 0 Å². The molecule has 0 aliphatic carbocycles. The Morgan fingerprint density at radius 2 is 1.95 bits per heavy atom. The van der Waals surface area contributed by atoms with Crippen LogP contribution >= 0.6 is 0 Å². The molecule has 0 radical (unpaired) electrons. The molecule has 1 aliphatic heterocycles. The summed E-state index contributed by atoms with van der Waals surface area (Å²) in [5, 5.41) is 60.7. The van der Waals surface area contributed by atoms with Gasteiger partial charge in [-0.3, -0.25) is 15.0 Å². The Bertz CT molecular complexity index is 1130. The highest BCUT2D eigenvalue weighted by atomic mass is 16.6. The lowest BCUT2D eigenvalue weighted by molar-refractivity contribution is -0.383. The van der Waals surface area contributed by atoms with Crippen LogP contribution in [0.15, 0.2) is 41.5 Å². The average molecular weight is 518 g/mol. The molecule has 200 valence electrons. The van der Waals surface area contributed by atoms with Crippen LogP contribution in [-0.4, -0.2) is 94.5 Å². The van der Waals surface area contributed by atoms with Crippen LogP contribution in [-0.2, 0) is 6.42 Å². The highest BCUT2D eigenvalue weighted by molar-refractivity contribution is 5.66. The zero-order chi connectivity index (χ0) is 26.9. The molecule has 0 bridgehead atoms. The van der Waals surface area contributed by atoms with Crippen LogP contribution in [0.4, 0.5) is 22.7 Å². The lowest BCUT2D eigenvalue weighted by atomic mass is 9.94. The number of likely N-dealkylation sites (tertiary alicyclic amines) is 1. The Morgan fingerprint density at radius 3 is 2.62 bits per heavy atom. The number of nitro benzene ring substituents is 1. The first-order chi connectivity index (χ1) is 17.8. The second kappa shape index (κ2) is 13.1. The van der Waals surface area contributed by atoms with E-state index in [-0.39, 0.29) is 24.5 Å². The van der Waals surface area contributed by atoms with Crippen LogP contribution in [0.5, 0.6) is 5.75 Å². The summed E-state index contributed by atoms with van der Waals surface area (Å²) in [6.45, 7) is 0.986. The van der Waals surface area contributed by atoms with Crippen molar-refractivity contribution in [1.82, 2.24) is 4.90 Å². The quantitative estimate of drug-likeness (QED) is 0.0594. The number of piperidine rings is 1. The number of hydrogen-bond acceptors (Lipinski definition) is 11. The molecule has 0 unspecified atom stereocenters. The molecule has 1 heterocycles. The molecule has 1 aliphatic rings. The lowest BCUT2D eigenvalue weighted by Gasteiger charge is -2.43. The molecule has 2 aromatic rings. The van der Waals surface area contributed by atoms with E-state index in [0.717, 1.165) is 11.3 Å². The molecule has 14 heteroatoms. The molecule has 0 spiro atoms. The largest absolute Gasteiger partial charge is 0.497 e. The standard InChI is InChI=1S/C23H31N7O7/c1-37-17-9-14(4-7-29-12-21(32)23(34)22(33)20(29)13-31)8-16(10-17)25-5-6-26-18-3-2-15(27-28-24)11-19(18)30(35)36/h2-3,8-11,20-23,25-26,31-34H,4-7,12-13H2,1H3/t20-,21+,22-,23-/m1/s1. The summed E-state index contributed by atoms with van der Waals surface area (Å²) in [4.78, 5) is 15.2. The zero-order valence-corrected chi connectivity index (χ0v) is 20.3. The smallest absolute Gasteiger partial charge is 0.292 e. The van der Waals surface area contributed by atoms with Crippen molar-refractivity contribution in [3.63, 3.8) is 0 Å². The van der Waals surface area contributed by atoms with Gasteiger partial charge in [0.05, 0.1) is 30.8 Å². The fourth-order valence-electron chi connectivity index (χ4n) is 4.27. The minimum atomic E-state index is -1.31. The van der Waals surface area contributed by atoms with Gasteiger partial charge in [-0.05, 0) is 35.7 Å². The number of hydrogen-bond donors (Lipinski definition) is 6. The summed E-state index contributed by atoms with van der Waals surface area (Å²) in [7, 11) is 1.55. The molecule has 2 aromatic carbocycles. The number of nitro groups is 1. The number of azide groups is 1. The number of methoxy groups -OCH3 is 1. The van der Waals surface area contributed by atoms with Crippen LogP contribution < -0.4 is 15.4 Å². The molecule has 0 aromatic heterocycles. The Morgan fingerprint density at radius 1 is 1.19 bits per heavy atom. The average Bonchev–Trinajstić information content (AvgIpc) is 2.89. The lowest BCUT2D eigenvalue weighted by Crippen LogP contribution is -2.62. The normalized spacial score (nSPS) is 21.6. The first-order valence-corrected chi connectivity index (χ1v) is 11.7. The Hall–Kier alpha value is -3.65. The number of aliphatic hydroxyl groups excluding tert-OH is 4. The van der Waals surface area contributed by atoms with Crippen LogP contribution in [0, 0.1) is 10.1 Å². The van der Waals surface area contributed by atoms with Gasteiger partial charge in [0.15, 0.2) is 0 Å². The highest BCUT2D eigenvalue weighted by Gasteiger charge is 2.40. The topological polar surface area (TPSA) is 209 Å². The minimum absolute atomic E-state index is 0.125. The summed E-state index contributed by atoms with van der Waals surface area (Å²) in [6.07, 6.45) is -3.14. The SMILES string of the molecule is COc1cc(CCN2C[C@H](O)[C@@H](O)[C@H](O)[C@H]2CO)cc(NCCNc2ccc(N=[N+]=[N-])cc2[N+](=O)[O-])c1. The molecule has 4 atom stereocenters. The van der Waals surface area contributed by atoms with E-state index in [9.17, 15) is 30.5 Å². The van der Waals surface area contributed by atoms with Crippen molar-refractivity contribution in [2.45, 2.75) is 30.8 Å². The van der Waals surface area contributed by atoms with Gasteiger partial charge in [0.1, 0.15) is 23.6 Å². The van der Waals surface area contributed by atoms with Crippen molar-refractivity contribution < 1.29 is 30.1 Å². The number of ether oxygens (including phenoxy) is 1. The van der Waals surface area contributed by atoms with Gasteiger partial charge < -0.3 is 35.8 Å². The Labute approximate surface area is 212 Å². The number of aliphatic hydroxyl groups is 4. The van der Waals surface area contributed by atoms with Gasteiger partial charge in [-0.15, -0.1) is 0 Å². The van der Waals surface area contributed by atoms with Gasteiger partial charge in [-0.25, -0.2) is 0 Å². The number of β-amino-alcohol motifs (C(OH)–C–C–N with tert-alkyl or cyclic N) is 1. The summed E-state index contributed by atoms with van der Waals surface area (Å²) < 4.78 is 5.39. The predicted octanol–water partition coefficient (Wildman–Crippen LogP) is 1.37. The molecule has 0 saturated carbocycles. The Balaban J connectivity index is 1.60. The van der Waals surface area contributed by atoms with Crippen molar-refractivity contribution in [2.24, 2.45) is 5.11 Å². The van der Waals surface area contributed by atoms with Crippen LogP contribution in [0.2, 0.25) is 0 Å². The second-order valence-corrected chi connectivity index (χ2v) is 8.61. The van der Waals surface area contributed by atoms with E-state index in [1.165, 1.54) is 18.2 Å². The zero-order valence-electron chi connectivity index (χ0n) is 20.3. The van der Waals surface area contributed by atoms with E-state index in [4.69, 9.17) is 10.3 Å². The number of nitrogens with one attached hydrogen (secondary N) is 2. The number of nitrogens with zero attached hydrogens (tertiary/aromatic N) is 5. The molecule has 14 nitrogen and oxygen atoms in total. The summed E-state index contributed by atoms with van der Waals surface area (Å²) in [6, 6.07) is 9.07. The van der Waals surface area contributed by atoms with Crippen molar-refractivity contribution in [3.8, 4) is 5.75 Å². The fraction of sp³-hybridized carbons (Fsp3) is 0.478. The fourth-order valence-corrected chi connectivity index (χ4v) is 4.27. The maximum Gasteiger partial charge on any atom is 0.292 e. The van der Waals surface area contributed by atoms with Crippen molar-refractivity contribution in [1.29, 1.82) is 0 Å². The van der Waals surface area contributed by atoms with E-state index in [1.807, 2.05) is 18.2 Å². The van der Waals surface area contributed by atoms with Gasteiger partial charge in [-0.2, -0.15) is 0 Å². The summed E-state index contributed by atoms with van der Waals surface area (Å²) in [5.41, 5.74) is 10.4. The molecule has 0 amide bonds. The third-order valence-electron chi connectivity index (χ3n) is 6.21. The maximum absolute atomic E-state index is 11.4. The molecule has 6 N–H and O–H groups in total. The number of anilines is 2. The number of benzene rings is 2. The molecule has 1 fully saturated rings. The first-order valence-electron chi connectivity index (χ1n) is 11.7. The minimum Gasteiger partial charge on any atom is -0.497 e. The van der Waals surface area contributed by atoms with Crippen molar-refractivity contribution in [3.05, 3.63) is 62.5 Å². The predicted molar refractivity (Wildman–Crippen MR) is 136 cm³/mol.